The van der Waals surface area contributed by atoms with Crippen molar-refractivity contribution in [3.8, 4) is 0 Å². The van der Waals surface area contributed by atoms with E-state index >= 15 is 0 Å². The van der Waals surface area contributed by atoms with Crippen LogP contribution >= 0.6 is 0 Å². The predicted octanol–water partition coefficient (Wildman–Crippen LogP) is 0.750. The van der Waals surface area contributed by atoms with E-state index in [1.54, 1.807) is 11.8 Å². The van der Waals surface area contributed by atoms with Gasteiger partial charge >= 0.3 is 0 Å². The van der Waals surface area contributed by atoms with Gasteiger partial charge in [0.25, 0.3) is 5.91 Å². The molecule has 2 rings (SSSR count). The Morgan fingerprint density at radius 2 is 2.11 bits per heavy atom. The Morgan fingerprint density at radius 3 is 2.67 bits per heavy atom. The number of nitrogens with one attached hydrogen (secondary N) is 1. The first-order valence-corrected chi connectivity index (χ1v) is 5.80. The quantitative estimate of drug-likeness (QED) is 0.569. The van der Waals surface area contributed by atoms with Crippen LogP contribution in [0.1, 0.15) is 28.9 Å². The molecule has 96 valence electrons. The molecule has 1 aromatic rings. The van der Waals surface area contributed by atoms with Crippen molar-refractivity contribution in [2.24, 2.45) is 5.16 Å². The molecule has 6 heteroatoms. The van der Waals surface area contributed by atoms with Crippen molar-refractivity contribution >= 4 is 11.6 Å². The number of carbonyl (C=O) groups is 1. The van der Waals surface area contributed by atoms with E-state index in [1.807, 2.05) is 0 Å². The Hall–Kier alpha value is -2.11. The van der Waals surface area contributed by atoms with Crippen LogP contribution in [0.25, 0.3) is 0 Å². The molecule has 2 N–H and O–H groups in total. The van der Waals surface area contributed by atoms with Crippen LogP contribution in [0, 0.1) is 6.92 Å². The molecule has 0 aliphatic carbocycles. The van der Waals surface area contributed by atoms with Crippen LogP contribution in [0.3, 0.4) is 0 Å². The third kappa shape index (κ3) is 2.42. The molecule has 1 fully saturated rings. The molecule has 0 radical (unpaired) electrons. The normalized spacial score (nSPS) is 15.6. The molecule has 0 unspecified atom stereocenters. The molecular weight excluding hydrogens is 234 g/mol. The number of amides is 1. The summed E-state index contributed by atoms with van der Waals surface area (Å²) >= 11 is 0. The van der Waals surface area contributed by atoms with Crippen LogP contribution in [0.2, 0.25) is 0 Å². The van der Waals surface area contributed by atoms with Gasteiger partial charge in [-0.2, -0.15) is 0 Å². The minimum Gasteiger partial charge on any atom is -0.411 e. The SMILES string of the molecule is Cc1cc(=O)c(C(=O)N2CCC(=NO)CC2)c[nH]1. The zero-order valence-electron chi connectivity index (χ0n) is 10.1. The van der Waals surface area contributed by atoms with Crippen molar-refractivity contribution in [1.82, 2.24) is 9.88 Å². The Balaban J connectivity index is 2.15. The number of pyridine rings is 1. The van der Waals surface area contributed by atoms with E-state index in [2.05, 4.69) is 10.1 Å². The molecule has 6 nitrogen and oxygen atoms in total. The molecule has 1 aromatic heterocycles. The summed E-state index contributed by atoms with van der Waals surface area (Å²) in [5.74, 6) is -0.270. The molecule has 0 saturated carbocycles. The van der Waals surface area contributed by atoms with E-state index in [-0.39, 0.29) is 16.9 Å². The maximum absolute atomic E-state index is 12.1. The van der Waals surface area contributed by atoms with Crippen molar-refractivity contribution in [2.75, 3.05) is 13.1 Å². The summed E-state index contributed by atoms with van der Waals surface area (Å²) in [6, 6.07) is 1.41. The van der Waals surface area contributed by atoms with Crippen LogP contribution in [0.15, 0.2) is 22.2 Å². The average molecular weight is 249 g/mol. The van der Waals surface area contributed by atoms with E-state index in [4.69, 9.17) is 5.21 Å². The summed E-state index contributed by atoms with van der Waals surface area (Å²) in [5.41, 5.74) is 1.31. The van der Waals surface area contributed by atoms with Gasteiger partial charge in [-0.1, -0.05) is 5.16 Å². The summed E-state index contributed by atoms with van der Waals surface area (Å²) in [6.07, 6.45) is 2.55. The molecule has 0 bridgehead atoms. The lowest BCUT2D eigenvalue weighted by atomic mass is 10.1. The van der Waals surface area contributed by atoms with E-state index < -0.39 is 0 Å². The first kappa shape index (κ1) is 12.3. The molecule has 0 spiro atoms. The number of hydrogen-bond acceptors (Lipinski definition) is 4. The number of likely N-dealkylation sites (tertiary alicyclic amines) is 1. The van der Waals surface area contributed by atoms with E-state index in [0.717, 1.165) is 5.69 Å². The fourth-order valence-corrected chi connectivity index (χ4v) is 1.98. The molecule has 18 heavy (non-hydrogen) atoms. The van der Waals surface area contributed by atoms with Gasteiger partial charge in [-0.15, -0.1) is 0 Å². The van der Waals surface area contributed by atoms with Gasteiger partial charge in [-0.05, 0) is 6.92 Å². The maximum Gasteiger partial charge on any atom is 0.259 e. The lowest BCUT2D eigenvalue weighted by molar-refractivity contribution is 0.0752. The van der Waals surface area contributed by atoms with E-state index in [0.29, 0.717) is 31.6 Å². The van der Waals surface area contributed by atoms with Gasteiger partial charge in [0.1, 0.15) is 5.56 Å². The number of carbonyl (C=O) groups excluding carboxylic acids is 1. The second-order valence-electron chi connectivity index (χ2n) is 4.35. The molecule has 1 amide bonds. The highest BCUT2D eigenvalue weighted by Gasteiger charge is 2.22. The first-order valence-electron chi connectivity index (χ1n) is 5.80. The van der Waals surface area contributed by atoms with Crippen molar-refractivity contribution in [3.05, 3.63) is 33.7 Å². The number of aryl methyl sites for hydroxylation is 1. The zero-order valence-corrected chi connectivity index (χ0v) is 10.1. The third-order valence-electron chi connectivity index (χ3n) is 3.06. The lowest BCUT2D eigenvalue weighted by Gasteiger charge is -2.26. The van der Waals surface area contributed by atoms with Gasteiger partial charge in [0.2, 0.25) is 0 Å². The fourth-order valence-electron chi connectivity index (χ4n) is 1.98. The molecule has 1 aliphatic rings. The van der Waals surface area contributed by atoms with Crippen LogP contribution in [0.4, 0.5) is 0 Å². The first-order chi connectivity index (χ1) is 8.61. The molecule has 2 heterocycles. The topological polar surface area (TPSA) is 85.8 Å². The number of rotatable bonds is 1. The smallest absolute Gasteiger partial charge is 0.259 e. The predicted molar refractivity (Wildman–Crippen MR) is 66.2 cm³/mol. The molecule has 0 atom stereocenters. The highest BCUT2D eigenvalue weighted by molar-refractivity contribution is 5.95. The maximum atomic E-state index is 12.1. The second-order valence-corrected chi connectivity index (χ2v) is 4.35. The lowest BCUT2D eigenvalue weighted by Crippen LogP contribution is -2.40. The molecular formula is C12H15N3O3. The van der Waals surface area contributed by atoms with Crippen molar-refractivity contribution in [1.29, 1.82) is 0 Å². The number of H-pyrrole nitrogens is 1. The van der Waals surface area contributed by atoms with Crippen LogP contribution in [0.5, 0.6) is 0 Å². The number of piperidine rings is 1. The van der Waals surface area contributed by atoms with Gasteiger partial charge in [-0.3, -0.25) is 9.59 Å². The van der Waals surface area contributed by atoms with Gasteiger partial charge < -0.3 is 15.1 Å². The number of aromatic amines is 1. The Bertz CT molecular complexity index is 538. The Kier molecular flexibility index (Phi) is 3.45. The highest BCUT2D eigenvalue weighted by Crippen LogP contribution is 2.10. The van der Waals surface area contributed by atoms with Crippen LogP contribution in [-0.2, 0) is 0 Å². The third-order valence-corrected chi connectivity index (χ3v) is 3.06. The van der Waals surface area contributed by atoms with Gasteiger partial charge in [-0.25, -0.2) is 0 Å². The molecule has 1 saturated heterocycles. The summed E-state index contributed by atoms with van der Waals surface area (Å²) in [6.45, 7) is 2.72. The van der Waals surface area contributed by atoms with Crippen molar-refractivity contribution in [3.63, 3.8) is 0 Å². The van der Waals surface area contributed by atoms with E-state index in [9.17, 15) is 9.59 Å². The van der Waals surface area contributed by atoms with Crippen molar-refractivity contribution < 1.29 is 10.0 Å². The van der Waals surface area contributed by atoms with Crippen molar-refractivity contribution in [2.45, 2.75) is 19.8 Å². The van der Waals surface area contributed by atoms with Gasteiger partial charge in [0.15, 0.2) is 5.43 Å². The minimum atomic E-state index is -0.270. The molecule has 1 aliphatic heterocycles. The number of hydrogen-bond donors (Lipinski definition) is 2. The average Bonchev–Trinajstić information content (AvgIpc) is 2.38. The summed E-state index contributed by atoms with van der Waals surface area (Å²) in [4.78, 5) is 28.3. The Morgan fingerprint density at radius 1 is 1.44 bits per heavy atom. The van der Waals surface area contributed by atoms with Crippen LogP contribution in [-0.4, -0.2) is 39.8 Å². The minimum absolute atomic E-state index is 0.157. The standard InChI is InChI=1S/C12H15N3O3/c1-8-6-11(16)10(7-13-8)12(17)15-4-2-9(14-18)3-5-15/h6-7,18H,2-5H2,1H3,(H,13,16). The monoisotopic (exact) mass is 249 g/mol. The fraction of sp³-hybridized carbons (Fsp3) is 0.417. The number of oxime groups is 1. The van der Waals surface area contributed by atoms with Gasteiger partial charge in [0, 0.05) is 43.9 Å². The summed E-state index contributed by atoms with van der Waals surface area (Å²) < 4.78 is 0. The van der Waals surface area contributed by atoms with Crippen LogP contribution < -0.4 is 5.43 Å². The summed E-state index contributed by atoms with van der Waals surface area (Å²) in [7, 11) is 0. The van der Waals surface area contributed by atoms with Gasteiger partial charge in [0.05, 0.1) is 5.71 Å². The molecule has 0 aromatic carbocycles. The Labute approximate surface area is 104 Å². The summed E-state index contributed by atoms with van der Waals surface area (Å²) in [5, 5.41) is 11.8. The number of aromatic nitrogens is 1. The second kappa shape index (κ2) is 5.03. The van der Waals surface area contributed by atoms with E-state index in [1.165, 1.54) is 12.3 Å². The highest BCUT2D eigenvalue weighted by atomic mass is 16.4. The largest absolute Gasteiger partial charge is 0.411 e. The number of nitrogens with zero attached hydrogens (tertiary/aromatic N) is 2. The zero-order chi connectivity index (χ0) is 13.1.